The van der Waals surface area contributed by atoms with E-state index in [1.54, 1.807) is 60.9 Å². The summed E-state index contributed by atoms with van der Waals surface area (Å²) in [5.41, 5.74) is 14.0. The number of rotatable bonds is 23. The fourth-order valence-electron chi connectivity index (χ4n) is 17.4. The number of amides is 14. The Morgan fingerprint density at radius 3 is 1.80 bits per heavy atom. The molecule has 18 N–H and O–H groups in total. The molecular weight excluding hydrogens is 1750 g/mol. The number of aromatic nitrogens is 4. The first-order valence-corrected chi connectivity index (χ1v) is 45.9. The number of nitrogens with zero attached hydrogens (tertiary/aromatic N) is 6. The number of aliphatic hydroxyl groups is 2. The number of aliphatic carboxylic acids is 1. The number of aromatic amines is 3. The molecule has 3 aromatic heterocycles. The van der Waals surface area contributed by atoms with Crippen molar-refractivity contribution in [1.82, 2.24) is 81.7 Å². The van der Waals surface area contributed by atoms with E-state index in [-0.39, 0.29) is 88.3 Å². The third-order valence-electron chi connectivity index (χ3n) is 24.7. The smallest absolute Gasteiger partial charge is 0.304 e. The number of H-pyrrole nitrogens is 3. The molecule has 41 nitrogen and oxygen atoms in total. The maximum absolute atomic E-state index is 15.6. The van der Waals surface area contributed by atoms with Crippen LogP contribution in [0.15, 0.2) is 97.7 Å². The molecule has 0 bridgehead atoms. The van der Waals surface area contributed by atoms with Gasteiger partial charge in [-0.25, -0.2) is 4.98 Å². The van der Waals surface area contributed by atoms with Crippen molar-refractivity contribution in [2.75, 3.05) is 71.6 Å². The molecule has 0 saturated carbocycles. The number of imidazole rings is 1. The van der Waals surface area contributed by atoms with E-state index in [1.807, 2.05) is 13.8 Å². The maximum Gasteiger partial charge on any atom is 0.304 e. The number of para-hydroxylation sites is 2. The third-order valence-corrected chi connectivity index (χ3v) is 25.8. The van der Waals surface area contributed by atoms with Crippen LogP contribution in [0, 0.1) is 17.8 Å². The number of carboxylic acid groups (broad SMARTS) is 1. The summed E-state index contributed by atoms with van der Waals surface area (Å²) in [6.07, 6.45) is 0.571. The normalized spacial score (nSPS) is 25.6. The number of carboxylic acids is 1. The fourth-order valence-corrected chi connectivity index (χ4v) is 18.3. The monoisotopic (exact) mass is 1860 g/mol. The van der Waals surface area contributed by atoms with Crippen molar-refractivity contribution in [2.24, 2.45) is 29.2 Å². The van der Waals surface area contributed by atoms with Crippen LogP contribution in [0.1, 0.15) is 139 Å². The Morgan fingerprint density at radius 1 is 0.579 bits per heavy atom. The summed E-state index contributed by atoms with van der Waals surface area (Å²) >= 11 is 0.837. The van der Waals surface area contributed by atoms with Crippen LogP contribution in [-0.4, -0.2) is 315 Å². The first-order valence-electron chi connectivity index (χ1n) is 44.8. The molecular formula is C91H120N18O23S. The molecule has 0 unspecified atom stereocenters. The summed E-state index contributed by atoms with van der Waals surface area (Å²) in [5.74, 6) is -22.2. The second-order valence-electron chi connectivity index (χ2n) is 34.4. The van der Waals surface area contributed by atoms with Crippen LogP contribution in [-0.2, 0) is 117 Å². The number of morpholine rings is 1. The first kappa shape index (κ1) is 102. The van der Waals surface area contributed by atoms with Crippen LogP contribution in [0.2, 0.25) is 0 Å². The summed E-state index contributed by atoms with van der Waals surface area (Å²) in [4.78, 5) is 281. The molecule has 0 radical (unpaired) electrons. The Labute approximate surface area is 771 Å². The van der Waals surface area contributed by atoms with Gasteiger partial charge >= 0.3 is 5.97 Å². The molecule has 718 valence electrons. The molecule has 3 aromatic carbocycles. The van der Waals surface area contributed by atoms with Crippen LogP contribution < -0.4 is 48.7 Å². The lowest BCUT2D eigenvalue weighted by molar-refractivity contribution is -0.152. The number of thioether (sulfide) groups is 1. The van der Waals surface area contributed by atoms with Gasteiger partial charge in [-0.1, -0.05) is 88.1 Å². The molecule has 0 aliphatic carbocycles. The average molecular weight is 1870 g/mol. The second-order valence-corrected chi connectivity index (χ2v) is 35.4. The van der Waals surface area contributed by atoms with E-state index < -0.39 is 273 Å². The number of nitrogens with two attached hydrogens (primary N) is 2. The van der Waals surface area contributed by atoms with E-state index in [0.29, 0.717) is 64.2 Å². The number of aliphatic hydroxyl groups excluding tert-OH is 2. The number of likely N-dealkylation sites (N-methyl/N-ethyl adjacent to an activating group) is 2. The molecule has 4 fully saturated rings. The molecule has 15 atom stereocenters. The average Bonchev–Trinajstić information content (AvgIpc) is 1.64. The summed E-state index contributed by atoms with van der Waals surface area (Å²) < 4.78 is 5.74. The van der Waals surface area contributed by atoms with Gasteiger partial charge in [0, 0.05) is 149 Å². The number of fused-ring (bicyclic) bond motifs is 5. The molecule has 6 aromatic rings. The number of primary amides is 2. The molecule has 42 heteroatoms. The van der Waals surface area contributed by atoms with E-state index in [9.17, 15) is 63.6 Å². The SMILES string of the molecule is CCCC[C@H]1C(=O)N(C)[C@@H](CCCC)C(=O)N[C@@H](C)C(=O)C[C@H](C(=O)NCC(N)=O)CSCC(=O)N[C@@H](Cc2ccc(O)cc2)C(=O)N2CCOC[C@H]2C(=O)C[C@@H](CC(=O)O)C(=O)N2CCC[C@H]2C(=O)N[C@@H](Cc2cnc[nH]2)C(=O)C[C@@H](CCC(N)=O)C(=O)N2C[C@H](O)C[C@H]2C(=O)N[C@@H](Cc2c[nH]c3ccccc23)C(=O)N[C@@H](CO)C(=O)N[C@@H](Cc2c[nH]c3ccccc23)C(=O)N1C. The number of hydrogen-bond acceptors (Lipinski definition) is 24. The van der Waals surface area contributed by atoms with Gasteiger partial charge in [0.15, 0.2) is 17.3 Å². The number of Topliss-reactive ketones (excluding diaryl/α,β-unsaturated/α-hetero) is 3. The highest BCUT2D eigenvalue weighted by Crippen LogP contribution is 2.31. The third kappa shape index (κ3) is 27.6. The second kappa shape index (κ2) is 48.4. The van der Waals surface area contributed by atoms with E-state index >= 15 is 43.2 Å². The molecule has 133 heavy (non-hydrogen) atoms. The minimum atomic E-state index is -1.90. The van der Waals surface area contributed by atoms with Crippen LogP contribution in [0.5, 0.6) is 5.75 Å². The standard InChI is InChI=1S/C91H120N18O23S/c1-6-8-19-69-84(124)99-50(3)74(113)36-56(81(121)97-43-78(93)117)47-133-48-79(118)100-66(31-51-22-25-58(111)26-23-51)90(130)108-29-30-132-46-73(108)76(115)35-53(37-80(119)120)88(128)107-28-14-21-70(107)85(125)101-64(38-57-42-94-49-98-57)75(114)34-52(24-27-77(92)116)87(127)109-44-59(112)39-72(109)86(126)102-65(32-54-40-95-62-17-12-10-15-60(54)62)82(122)104-68(45-110)83(123)103-67(33-55-41-96-63-18-13-11-16-61(55)63)89(129)106(5)71(20-9-7-2)91(131)105(69)4/h10-13,15-18,22-23,25-26,40-42,49-50,52-53,56,59,64-73,95-96,110-112H,6-9,14,19-21,24,27-39,43-48H2,1-5H3,(H2,92,116)(H2,93,117)(H,94,98)(H,97,121)(H,99,124)(H,100,118)(H,101,125)(H,102,126)(H,103,123)(H,104,122)(H,119,120)/t50-,52+,53-,56-,59+,64-,65-,66-,67-,68-,69-,70-,71-,72-,73-/m0/s1. The van der Waals surface area contributed by atoms with Crippen molar-refractivity contribution < 1.29 is 111 Å². The van der Waals surface area contributed by atoms with Crippen LogP contribution >= 0.6 is 11.8 Å². The van der Waals surface area contributed by atoms with Crippen molar-refractivity contribution in [3.8, 4) is 5.75 Å². The van der Waals surface area contributed by atoms with Gasteiger partial charge in [0.2, 0.25) is 82.7 Å². The number of ether oxygens (including phenoxy) is 1. The molecule has 4 saturated heterocycles. The lowest BCUT2D eigenvalue weighted by Crippen LogP contribution is -2.61. The highest BCUT2D eigenvalue weighted by atomic mass is 32.2. The molecule has 4 aliphatic rings. The van der Waals surface area contributed by atoms with Crippen LogP contribution in [0.4, 0.5) is 0 Å². The lowest BCUT2D eigenvalue weighted by atomic mass is 9.90. The quantitative estimate of drug-likeness (QED) is 0.0377. The minimum Gasteiger partial charge on any atom is -0.508 e. The number of nitrogens with one attached hydrogen (secondary N) is 10. The van der Waals surface area contributed by atoms with Crippen LogP contribution in [0.25, 0.3) is 21.8 Å². The van der Waals surface area contributed by atoms with Gasteiger partial charge in [-0.15, -0.1) is 0 Å². The van der Waals surface area contributed by atoms with Crippen molar-refractivity contribution in [3.63, 3.8) is 0 Å². The van der Waals surface area contributed by atoms with Crippen molar-refractivity contribution in [1.29, 1.82) is 0 Å². The van der Waals surface area contributed by atoms with Gasteiger partial charge in [0.05, 0.1) is 74.9 Å². The number of phenols is 1. The van der Waals surface area contributed by atoms with Crippen molar-refractivity contribution in [2.45, 2.75) is 215 Å². The number of unbranched alkanes of at least 4 members (excludes halogenated alkanes) is 2. The number of carbonyl (C=O) groups excluding carboxylic acids is 17. The largest absolute Gasteiger partial charge is 0.508 e. The predicted molar refractivity (Wildman–Crippen MR) is 481 cm³/mol. The van der Waals surface area contributed by atoms with Gasteiger partial charge in [-0.3, -0.25) is 86.3 Å². The van der Waals surface area contributed by atoms with Gasteiger partial charge < -0.3 is 113 Å². The Bertz CT molecular complexity index is 5200. The minimum absolute atomic E-state index is 0.0131. The summed E-state index contributed by atoms with van der Waals surface area (Å²) in [6, 6.07) is 2.81. The molecule has 14 amide bonds. The molecule has 7 heterocycles. The molecule has 10 rings (SSSR count). The van der Waals surface area contributed by atoms with E-state index in [1.165, 1.54) is 62.7 Å². The van der Waals surface area contributed by atoms with Gasteiger partial charge in [0.1, 0.15) is 60.1 Å². The predicted octanol–water partition coefficient (Wildman–Crippen LogP) is -0.701. The zero-order valence-corrected chi connectivity index (χ0v) is 75.8. The van der Waals surface area contributed by atoms with Gasteiger partial charge in [-0.2, -0.15) is 11.8 Å². The lowest BCUT2D eigenvalue weighted by Gasteiger charge is -2.37. The number of ketones is 3. The summed E-state index contributed by atoms with van der Waals surface area (Å²) in [6.45, 7) is 1.72. The van der Waals surface area contributed by atoms with E-state index in [4.69, 9.17) is 16.2 Å². The number of aromatic hydroxyl groups is 1. The van der Waals surface area contributed by atoms with Crippen molar-refractivity contribution in [3.05, 3.63) is 120 Å². The highest BCUT2D eigenvalue weighted by Gasteiger charge is 2.48. The van der Waals surface area contributed by atoms with Crippen molar-refractivity contribution >= 4 is 140 Å². The number of benzene rings is 3. The Morgan fingerprint density at radius 2 is 1.17 bits per heavy atom. The summed E-state index contributed by atoms with van der Waals surface area (Å²) in [7, 11) is 2.71. The van der Waals surface area contributed by atoms with Gasteiger partial charge in [0.25, 0.3) is 0 Å². The number of hydrogen-bond donors (Lipinski definition) is 16. The maximum atomic E-state index is 15.6. The number of carbonyl (C=O) groups is 18. The summed E-state index contributed by atoms with van der Waals surface area (Å²) in [5, 5.41) is 63.0. The Hall–Kier alpha value is -13.0. The topological polar surface area (TPSA) is 610 Å². The number of phenolic OH excluding ortho intramolecular Hbond substituents is 1. The van der Waals surface area contributed by atoms with Crippen LogP contribution in [0.3, 0.4) is 0 Å². The fraction of sp³-hybridized carbons (Fsp3) is 0.527. The molecule has 0 spiro atoms. The Kier molecular flexibility index (Phi) is 37.2. The zero-order valence-electron chi connectivity index (χ0n) is 75.0. The van der Waals surface area contributed by atoms with E-state index in [0.717, 1.165) is 31.4 Å². The zero-order chi connectivity index (χ0) is 96.4. The molecule has 4 aliphatic heterocycles. The van der Waals surface area contributed by atoms with Gasteiger partial charge in [-0.05, 0) is 80.0 Å². The van der Waals surface area contributed by atoms with E-state index in [2.05, 4.69) is 57.2 Å². The highest BCUT2D eigenvalue weighted by molar-refractivity contribution is 7.99. The first-order chi connectivity index (χ1) is 63.6. The Balaban J connectivity index is 1.01.